The molecule has 3 heterocycles. The van der Waals surface area contributed by atoms with Crippen LogP contribution in [0.15, 0.2) is 30.5 Å². The molecular weight excluding hydrogens is 340 g/mol. The Labute approximate surface area is 159 Å². The summed E-state index contributed by atoms with van der Waals surface area (Å²) in [5, 5.41) is 5.39. The Kier molecular flexibility index (Phi) is 4.94. The van der Waals surface area contributed by atoms with Crippen LogP contribution in [0.2, 0.25) is 0 Å². The fourth-order valence-corrected chi connectivity index (χ4v) is 3.62. The molecule has 4 rings (SSSR count). The van der Waals surface area contributed by atoms with Gasteiger partial charge in [0, 0.05) is 39.8 Å². The van der Waals surface area contributed by atoms with Crippen LogP contribution in [-0.2, 0) is 13.5 Å². The average Bonchev–Trinajstić information content (AvgIpc) is 3.07. The van der Waals surface area contributed by atoms with Gasteiger partial charge in [-0.2, -0.15) is 5.10 Å². The number of nitrogens with zero attached hydrogens (tertiary/aromatic N) is 6. The number of benzene rings is 1. The Hall–Kier alpha value is -2.67. The zero-order valence-corrected chi connectivity index (χ0v) is 16.2. The van der Waals surface area contributed by atoms with Gasteiger partial charge in [0.2, 0.25) is 0 Å². The topological polar surface area (TPSA) is 59.3 Å². The standard InChI is InChI=1S/C20H26N6O/c1-15-22-19-18(14-21-24(19)2)20(23-15)26-12-10-25(11-13-26)9-8-16-4-6-17(27-3)7-5-16/h4-7,14H,8-13H2,1-3H3. The minimum absolute atomic E-state index is 0.794. The normalized spacial score (nSPS) is 15.4. The van der Waals surface area contributed by atoms with E-state index in [0.29, 0.717) is 0 Å². The van der Waals surface area contributed by atoms with E-state index in [1.54, 1.807) is 7.11 Å². The summed E-state index contributed by atoms with van der Waals surface area (Å²) >= 11 is 0. The highest BCUT2D eigenvalue weighted by atomic mass is 16.5. The Balaban J connectivity index is 1.37. The van der Waals surface area contributed by atoms with Crippen LogP contribution in [-0.4, -0.2) is 64.5 Å². The molecule has 0 radical (unpaired) electrons. The molecule has 0 N–H and O–H groups in total. The van der Waals surface area contributed by atoms with Gasteiger partial charge in [-0.3, -0.25) is 9.58 Å². The van der Waals surface area contributed by atoms with Crippen molar-refractivity contribution >= 4 is 16.9 Å². The smallest absolute Gasteiger partial charge is 0.163 e. The third kappa shape index (κ3) is 3.73. The fraction of sp³-hybridized carbons (Fsp3) is 0.450. The molecular formula is C20H26N6O. The molecule has 3 aromatic rings. The molecule has 27 heavy (non-hydrogen) atoms. The van der Waals surface area contributed by atoms with Gasteiger partial charge in [-0.15, -0.1) is 0 Å². The first-order valence-electron chi connectivity index (χ1n) is 9.40. The lowest BCUT2D eigenvalue weighted by Crippen LogP contribution is -2.47. The van der Waals surface area contributed by atoms with E-state index in [-0.39, 0.29) is 0 Å². The Morgan fingerprint density at radius 3 is 2.48 bits per heavy atom. The molecule has 1 fully saturated rings. The van der Waals surface area contributed by atoms with Gasteiger partial charge in [0.25, 0.3) is 0 Å². The first kappa shape index (κ1) is 17.7. The van der Waals surface area contributed by atoms with Crippen molar-refractivity contribution in [1.82, 2.24) is 24.6 Å². The number of ether oxygens (including phenoxy) is 1. The largest absolute Gasteiger partial charge is 0.497 e. The molecule has 0 amide bonds. The number of anilines is 1. The molecule has 7 nitrogen and oxygen atoms in total. The average molecular weight is 366 g/mol. The second-order valence-corrected chi connectivity index (χ2v) is 7.03. The van der Waals surface area contributed by atoms with Crippen molar-refractivity contribution in [3.8, 4) is 5.75 Å². The van der Waals surface area contributed by atoms with Gasteiger partial charge in [-0.25, -0.2) is 9.97 Å². The summed E-state index contributed by atoms with van der Waals surface area (Å²) in [5.41, 5.74) is 2.25. The maximum absolute atomic E-state index is 5.23. The Morgan fingerprint density at radius 1 is 1.04 bits per heavy atom. The molecule has 0 aliphatic carbocycles. The Morgan fingerprint density at radius 2 is 1.78 bits per heavy atom. The third-order valence-electron chi connectivity index (χ3n) is 5.23. The molecule has 2 aromatic heterocycles. The first-order chi connectivity index (χ1) is 13.1. The first-order valence-corrected chi connectivity index (χ1v) is 9.40. The molecule has 7 heteroatoms. The van der Waals surface area contributed by atoms with Gasteiger partial charge in [0.05, 0.1) is 18.7 Å². The molecule has 1 aliphatic heterocycles. The molecule has 1 aromatic carbocycles. The van der Waals surface area contributed by atoms with Crippen molar-refractivity contribution in [2.75, 3.05) is 44.7 Å². The van der Waals surface area contributed by atoms with Crippen LogP contribution in [0.5, 0.6) is 5.75 Å². The molecule has 0 saturated carbocycles. The summed E-state index contributed by atoms with van der Waals surface area (Å²) in [6.07, 6.45) is 2.93. The summed E-state index contributed by atoms with van der Waals surface area (Å²) in [7, 11) is 3.63. The fourth-order valence-electron chi connectivity index (χ4n) is 3.62. The van der Waals surface area contributed by atoms with E-state index in [2.05, 4.69) is 32.0 Å². The highest BCUT2D eigenvalue weighted by molar-refractivity contribution is 5.87. The van der Waals surface area contributed by atoms with E-state index in [4.69, 9.17) is 9.72 Å². The molecule has 1 aliphatic rings. The minimum Gasteiger partial charge on any atom is -0.497 e. The predicted octanol–water partition coefficient (Wildman–Crippen LogP) is 2.05. The summed E-state index contributed by atoms with van der Waals surface area (Å²) in [5.74, 6) is 2.72. The van der Waals surface area contributed by atoms with E-state index in [1.165, 1.54) is 5.56 Å². The van der Waals surface area contributed by atoms with E-state index in [0.717, 1.165) is 67.6 Å². The van der Waals surface area contributed by atoms with E-state index >= 15 is 0 Å². The summed E-state index contributed by atoms with van der Waals surface area (Å²) in [6.45, 7) is 7.06. The molecule has 142 valence electrons. The number of fused-ring (bicyclic) bond motifs is 1. The van der Waals surface area contributed by atoms with E-state index in [1.807, 2.05) is 37.0 Å². The number of aryl methyl sites for hydroxylation is 2. The SMILES string of the molecule is COc1ccc(CCN2CCN(c3nc(C)nc4c3cnn4C)CC2)cc1. The summed E-state index contributed by atoms with van der Waals surface area (Å²) < 4.78 is 7.04. The van der Waals surface area contributed by atoms with Gasteiger partial charge >= 0.3 is 0 Å². The van der Waals surface area contributed by atoms with Crippen molar-refractivity contribution in [2.24, 2.45) is 7.05 Å². The molecule has 1 saturated heterocycles. The van der Waals surface area contributed by atoms with E-state index in [9.17, 15) is 0 Å². The maximum Gasteiger partial charge on any atom is 0.163 e. The molecule has 0 spiro atoms. The number of hydrogen-bond donors (Lipinski definition) is 0. The number of aromatic nitrogens is 4. The zero-order valence-electron chi connectivity index (χ0n) is 16.2. The minimum atomic E-state index is 0.794. The lowest BCUT2D eigenvalue weighted by Gasteiger charge is -2.35. The van der Waals surface area contributed by atoms with Gasteiger partial charge < -0.3 is 9.64 Å². The van der Waals surface area contributed by atoms with Crippen LogP contribution >= 0.6 is 0 Å². The lowest BCUT2D eigenvalue weighted by molar-refractivity contribution is 0.260. The predicted molar refractivity (Wildman–Crippen MR) is 106 cm³/mol. The highest BCUT2D eigenvalue weighted by Crippen LogP contribution is 2.24. The van der Waals surface area contributed by atoms with Crippen molar-refractivity contribution in [1.29, 1.82) is 0 Å². The van der Waals surface area contributed by atoms with Crippen LogP contribution in [0.25, 0.3) is 11.0 Å². The third-order valence-corrected chi connectivity index (χ3v) is 5.23. The van der Waals surface area contributed by atoms with Gasteiger partial charge in [0.15, 0.2) is 5.65 Å². The zero-order chi connectivity index (χ0) is 18.8. The highest BCUT2D eigenvalue weighted by Gasteiger charge is 2.21. The van der Waals surface area contributed by atoms with Crippen molar-refractivity contribution in [3.63, 3.8) is 0 Å². The van der Waals surface area contributed by atoms with Gasteiger partial charge in [0.1, 0.15) is 17.4 Å². The van der Waals surface area contributed by atoms with Crippen LogP contribution in [0.1, 0.15) is 11.4 Å². The second-order valence-electron chi connectivity index (χ2n) is 7.03. The number of rotatable bonds is 5. The van der Waals surface area contributed by atoms with Crippen LogP contribution in [0.3, 0.4) is 0 Å². The lowest BCUT2D eigenvalue weighted by atomic mass is 10.1. The van der Waals surface area contributed by atoms with Crippen LogP contribution in [0.4, 0.5) is 5.82 Å². The van der Waals surface area contributed by atoms with Crippen LogP contribution < -0.4 is 9.64 Å². The molecule has 0 bridgehead atoms. The Bertz CT molecular complexity index is 912. The number of piperazine rings is 1. The van der Waals surface area contributed by atoms with Crippen molar-refractivity contribution in [3.05, 3.63) is 41.9 Å². The maximum atomic E-state index is 5.23. The summed E-state index contributed by atoms with van der Waals surface area (Å²) in [4.78, 5) is 14.1. The monoisotopic (exact) mass is 366 g/mol. The quantitative estimate of drug-likeness (QED) is 0.689. The molecule has 0 atom stereocenters. The van der Waals surface area contributed by atoms with E-state index < -0.39 is 0 Å². The summed E-state index contributed by atoms with van der Waals surface area (Å²) in [6, 6.07) is 8.36. The van der Waals surface area contributed by atoms with Gasteiger partial charge in [-0.1, -0.05) is 12.1 Å². The van der Waals surface area contributed by atoms with Crippen molar-refractivity contribution < 1.29 is 4.74 Å². The molecule has 0 unspecified atom stereocenters. The second kappa shape index (κ2) is 7.52. The van der Waals surface area contributed by atoms with Gasteiger partial charge in [-0.05, 0) is 31.0 Å². The van der Waals surface area contributed by atoms with Crippen LogP contribution in [0, 0.1) is 6.92 Å². The number of methoxy groups -OCH3 is 1. The number of hydrogen-bond acceptors (Lipinski definition) is 6. The van der Waals surface area contributed by atoms with Crippen molar-refractivity contribution in [2.45, 2.75) is 13.3 Å².